The molecule has 144 valence electrons. The molecule has 6 heteroatoms. The molecule has 3 rings (SSSR count). The number of carbonyl (C=O) groups is 1. The SMILES string of the molecule is COc1cc(OC)c(OC)cc1CNC(=O)CN1c2ccccc2C[C@@H]1C. The van der Waals surface area contributed by atoms with Gasteiger partial charge in [-0.1, -0.05) is 18.2 Å². The van der Waals surface area contributed by atoms with Crippen LogP contribution in [0.2, 0.25) is 0 Å². The molecule has 1 aliphatic rings. The highest BCUT2D eigenvalue weighted by Gasteiger charge is 2.27. The van der Waals surface area contributed by atoms with E-state index in [1.165, 1.54) is 5.56 Å². The van der Waals surface area contributed by atoms with E-state index in [2.05, 4.69) is 29.3 Å². The van der Waals surface area contributed by atoms with Crippen LogP contribution in [0.3, 0.4) is 0 Å². The lowest BCUT2D eigenvalue weighted by Crippen LogP contribution is -2.39. The average Bonchev–Trinajstić information content (AvgIpc) is 3.00. The Kier molecular flexibility index (Phi) is 5.74. The number of benzene rings is 2. The third-order valence-corrected chi connectivity index (χ3v) is 4.92. The fraction of sp³-hybridized carbons (Fsp3) is 0.381. The van der Waals surface area contributed by atoms with Gasteiger partial charge in [0.1, 0.15) is 5.75 Å². The molecule has 0 spiro atoms. The van der Waals surface area contributed by atoms with Crippen LogP contribution in [0.5, 0.6) is 17.2 Å². The predicted molar refractivity (Wildman–Crippen MR) is 105 cm³/mol. The van der Waals surface area contributed by atoms with E-state index >= 15 is 0 Å². The number of ether oxygens (including phenoxy) is 3. The summed E-state index contributed by atoms with van der Waals surface area (Å²) in [6.07, 6.45) is 0.965. The molecule has 1 amide bonds. The first-order valence-electron chi connectivity index (χ1n) is 8.97. The number of nitrogens with one attached hydrogen (secondary N) is 1. The Morgan fingerprint density at radius 1 is 1.07 bits per heavy atom. The van der Waals surface area contributed by atoms with Gasteiger partial charge in [-0.3, -0.25) is 4.79 Å². The number of hydrogen-bond donors (Lipinski definition) is 1. The largest absolute Gasteiger partial charge is 0.496 e. The number of para-hydroxylation sites is 1. The lowest BCUT2D eigenvalue weighted by molar-refractivity contribution is -0.120. The van der Waals surface area contributed by atoms with Gasteiger partial charge in [0.05, 0.1) is 27.9 Å². The molecule has 0 aliphatic carbocycles. The van der Waals surface area contributed by atoms with E-state index in [9.17, 15) is 4.79 Å². The molecule has 27 heavy (non-hydrogen) atoms. The van der Waals surface area contributed by atoms with Gasteiger partial charge in [0.25, 0.3) is 0 Å². The standard InChI is InChI=1S/C21H26N2O4/c1-14-9-15-7-5-6-8-17(15)23(14)13-21(24)22-12-16-10-19(26-3)20(27-4)11-18(16)25-2/h5-8,10-11,14H,9,12-13H2,1-4H3,(H,22,24)/t14-/m0/s1. The zero-order valence-electron chi connectivity index (χ0n) is 16.2. The van der Waals surface area contributed by atoms with Gasteiger partial charge in [0.15, 0.2) is 11.5 Å². The van der Waals surface area contributed by atoms with Crippen molar-refractivity contribution in [1.29, 1.82) is 0 Å². The van der Waals surface area contributed by atoms with Crippen molar-refractivity contribution in [2.75, 3.05) is 32.8 Å². The minimum atomic E-state index is -0.0320. The first-order chi connectivity index (χ1) is 13.1. The van der Waals surface area contributed by atoms with Gasteiger partial charge in [-0.05, 0) is 31.0 Å². The Balaban J connectivity index is 1.68. The molecule has 0 bridgehead atoms. The van der Waals surface area contributed by atoms with Gasteiger partial charge in [-0.15, -0.1) is 0 Å². The third kappa shape index (κ3) is 3.94. The summed E-state index contributed by atoms with van der Waals surface area (Å²) < 4.78 is 16.1. The molecule has 0 unspecified atom stereocenters. The first-order valence-corrected chi connectivity index (χ1v) is 8.97. The molecule has 0 fully saturated rings. The molecule has 2 aromatic carbocycles. The van der Waals surface area contributed by atoms with Crippen molar-refractivity contribution in [1.82, 2.24) is 5.32 Å². The zero-order chi connectivity index (χ0) is 19.4. The number of hydrogen-bond acceptors (Lipinski definition) is 5. The van der Waals surface area contributed by atoms with Crippen LogP contribution >= 0.6 is 0 Å². The number of carbonyl (C=O) groups excluding carboxylic acids is 1. The van der Waals surface area contributed by atoms with Gasteiger partial charge < -0.3 is 24.4 Å². The molecular formula is C21H26N2O4. The van der Waals surface area contributed by atoms with Crippen molar-refractivity contribution in [2.45, 2.75) is 25.9 Å². The van der Waals surface area contributed by atoms with Crippen molar-refractivity contribution in [3.8, 4) is 17.2 Å². The third-order valence-electron chi connectivity index (χ3n) is 4.92. The Bertz CT molecular complexity index is 822. The Morgan fingerprint density at radius 3 is 2.44 bits per heavy atom. The van der Waals surface area contributed by atoms with Crippen LogP contribution in [-0.4, -0.2) is 39.8 Å². The Labute approximate surface area is 160 Å². The molecule has 0 saturated carbocycles. The summed E-state index contributed by atoms with van der Waals surface area (Å²) in [4.78, 5) is 14.7. The summed E-state index contributed by atoms with van der Waals surface area (Å²) >= 11 is 0. The summed E-state index contributed by atoms with van der Waals surface area (Å²) in [6, 6.07) is 12.1. The first kappa shape index (κ1) is 18.9. The summed E-state index contributed by atoms with van der Waals surface area (Å²) in [6.45, 7) is 2.82. The topological polar surface area (TPSA) is 60.0 Å². The van der Waals surface area contributed by atoms with Gasteiger partial charge in [0, 0.05) is 29.9 Å². The van der Waals surface area contributed by atoms with Crippen LogP contribution in [0.4, 0.5) is 5.69 Å². The van der Waals surface area contributed by atoms with Crippen LogP contribution in [0.15, 0.2) is 36.4 Å². The second-order valence-electron chi connectivity index (χ2n) is 6.61. The smallest absolute Gasteiger partial charge is 0.239 e. The highest BCUT2D eigenvalue weighted by molar-refractivity contribution is 5.82. The number of anilines is 1. The Hall–Kier alpha value is -2.89. The van der Waals surface area contributed by atoms with Crippen molar-refractivity contribution >= 4 is 11.6 Å². The van der Waals surface area contributed by atoms with Crippen molar-refractivity contribution in [3.63, 3.8) is 0 Å². The quantitative estimate of drug-likeness (QED) is 0.812. The average molecular weight is 370 g/mol. The fourth-order valence-electron chi connectivity index (χ4n) is 3.51. The Morgan fingerprint density at radius 2 is 1.74 bits per heavy atom. The second-order valence-corrected chi connectivity index (χ2v) is 6.61. The fourth-order valence-corrected chi connectivity index (χ4v) is 3.51. The van der Waals surface area contributed by atoms with Crippen LogP contribution in [0.25, 0.3) is 0 Å². The monoisotopic (exact) mass is 370 g/mol. The van der Waals surface area contributed by atoms with E-state index in [-0.39, 0.29) is 5.91 Å². The minimum Gasteiger partial charge on any atom is -0.496 e. The van der Waals surface area contributed by atoms with Gasteiger partial charge in [0.2, 0.25) is 5.91 Å². The maximum atomic E-state index is 12.6. The number of methoxy groups -OCH3 is 3. The van der Waals surface area contributed by atoms with Gasteiger partial charge in [-0.25, -0.2) is 0 Å². The summed E-state index contributed by atoms with van der Waals surface area (Å²) in [5, 5.41) is 2.98. The molecule has 2 aromatic rings. The lowest BCUT2D eigenvalue weighted by Gasteiger charge is -2.24. The van der Waals surface area contributed by atoms with Crippen LogP contribution < -0.4 is 24.4 Å². The zero-order valence-corrected chi connectivity index (χ0v) is 16.2. The van der Waals surface area contributed by atoms with E-state index in [0.717, 1.165) is 17.7 Å². The highest BCUT2D eigenvalue weighted by Crippen LogP contribution is 2.34. The second kappa shape index (κ2) is 8.20. The molecule has 0 saturated heterocycles. The molecule has 1 aliphatic heterocycles. The van der Waals surface area contributed by atoms with Crippen LogP contribution in [0.1, 0.15) is 18.1 Å². The van der Waals surface area contributed by atoms with Crippen molar-refractivity contribution < 1.29 is 19.0 Å². The molecule has 1 heterocycles. The van der Waals surface area contributed by atoms with Gasteiger partial charge >= 0.3 is 0 Å². The minimum absolute atomic E-state index is 0.0320. The number of rotatable bonds is 7. The summed E-state index contributed by atoms with van der Waals surface area (Å²) in [7, 11) is 4.75. The van der Waals surface area contributed by atoms with Crippen molar-refractivity contribution in [2.24, 2.45) is 0 Å². The van der Waals surface area contributed by atoms with E-state index in [4.69, 9.17) is 14.2 Å². The van der Waals surface area contributed by atoms with E-state index in [0.29, 0.717) is 36.4 Å². The highest BCUT2D eigenvalue weighted by atomic mass is 16.5. The van der Waals surface area contributed by atoms with Crippen LogP contribution in [0, 0.1) is 0 Å². The maximum absolute atomic E-state index is 12.6. The summed E-state index contributed by atoms with van der Waals surface area (Å²) in [5.41, 5.74) is 3.27. The molecule has 1 N–H and O–H groups in total. The molecule has 1 atom stereocenters. The molecule has 0 radical (unpaired) electrons. The predicted octanol–water partition coefficient (Wildman–Crippen LogP) is 2.78. The van der Waals surface area contributed by atoms with Crippen LogP contribution in [-0.2, 0) is 17.8 Å². The molecular weight excluding hydrogens is 344 g/mol. The maximum Gasteiger partial charge on any atom is 0.239 e. The number of amides is 1. The number of nitrogens with zero attached hydrogens (tertiary/aromatic N) is 1. The van der Waals surface area contributed by atoms with E-state index in [1.54, 1.807) is 27.4 Å². The molecule has 0 aromatic heterocycles. The lowest BCUT2D eigenvalue weighted by atomic mass is 10.1. The molecule has 6 nitrogen and oxygen atoms in total. The van der Waals surface area contributed by atoms with Crippen molar-refractivity contribution in [3.05, 3.63) is 47.5 Å². The van der Waals surface area contributed by atoms with E-state index < -0.39 is 0 Å². The van der Waals surface area contributed by atoms with Gasteiger partial charge in [-0.2, -0.15) is 0 Å². The summed E-state index contributed by atoms with van der Waals surface area (Å²) in [5.74, 6) is 1.81. The van der Waals surface area contributed by atoms with E-state index in [1.807, 2.05) is 18.2 Å². The normalized spacial score (nSPS) is 15.3. The number of fused-ring (bicyclic) bond motifs is 1.